The Bertz CT molecular complexity index is 998. The van der Waals surface area contributed by atoms with Gasteiger partial charge in [-0.15, -0.1) is 5.11 Å². The molecule has 1 unspecified atom stereocenters. The molecule has 27 heavy (non-hydrogen) atoms. The van der Waals surface area contributed by atoms with E-state index in [0.717, 1.165) is 17.2 Å². The van der Waals surface area contributed by atoms with Crippen molar-refractivity contribution in [3.63, 3.8) is 0 Å². The molecule has 2 aromatic carbocycles. The summed E-state index contributed by atoms with van der Waals surface area (Å²) in [5.41, 5.74) is 11.4. The van der Waals surface area contributed by atoms with E-state index in [4.69, 9.17) is 0 Å². The van der Waals surface area contributed by atoms with E-state index in [2.05, 4.69) is 58.5 Å². The molecule has 1 atom stereocenters. The van der Waals surface area contributed by atoms with Gasteiger partial charge in [-0.2, -0.15) is 5.11 Å². The summed E-state index contributed by atoms with van der Waals surface area (Å²) >= 11 is 0. The van der Waals surface area contributed by atoms with Crippen LogP contribution in [0.5, 0.6) is 0 Å². The summed E-state index contributed by atoms with van der Waals surface area (Å²) < 4.78 is 0. The fourth-order valence-electron chi connectivity index (χ4n) is 4.58. The zero-order chi connectivity index (χ0) is 18.2. The first-order valence-corrected chi connectivity index (χ1v) is 9.86. The lowest BCUT2D eigenvalue weighted by Crippen LogP contribution is -2.16. The molecule has 3 nitrogen and oxygen atoms in total. The van der Waals surface area contributed by atoms with Gasteiger partial charge in [-0.1, -0.05) is 43.3 Å². The highest BCUT2D eigenvalue weighted by molar-refractivity contribution is 5.88. The van der Waals surface area contributed by atoms with Crippen molar-refractivity contribution in [2.75, 3.05) is 0 Å². The minimum atomic E-state index is 0.862. The molecule has 2 aliphatic carbocycles. The van der Waals surface area contributed by atoms with Gasteiger partial charge in [0.25, 0.3) is 0 Å². The molecule has 2 aliphatic heterocycles. The van der Waals surface area contributed by atoms with Gasteiger partial charge in [0, 0.05) is 11.8 Å². The lowest BCUT2D eigenvalue weighted by molar-refractivity contribution is 0.499. The molecular formula is C24H23N3. The van der Waals surface area contributed by atoms with Crippen LogP contribution >= 0.6 is 0 Å². The quantitative estimate of drug-likeness (QED) is 0.571. The van der Waals surface area contributed by atoms with Gasteiger partial charge >= 0.3 is 0 Å². The van der Waals surface area contributed by atoms with Crippen molar-refractivity contribution in [2.24, 2.45) is 21.1 Å². The summed E-state index contributed by atoms with van der Waals surface area (Å²) in [5.74, 6) is 0.862. The summed E-state index contributed by atoms with van der Waals surface area (Å²) in [6, 6.07) is 13.7. The third kappa shape index (κ3) is 2.97. The molecule has 0 aromatic heterocycles. The molecule has 4 aliphatic rings. The maximum absolute atomic E-state index is 3.86. The number of aliphatic imine (C=N–C) groups is 1. The van der Waals surface area contributed by atoms with Gasteiger partial charge in [0.15, 0.2) is 0 Å². The molecule has 0 fully saturated rings. The van der Waals surface area contributed by atoms with Crippen molar-refractivity contribution in [2.45, 2.75) is 39.0 Å². The number of azo groups is 1. The molecule has 0 amide bonds. The monoisotopic (exact) mass is 353 g/mol. The van der Waals surface area contributed by atoms with E-state index < -0.39 is 0 Å². The summed E-state index contributed by atoms with van der Waals surface area (Å²) in [6.45, 7) is 2.39. The van der Waals surface area contributed by atoms with Gasteiger partial charge in [0.2, 0.25) is 0 Å². The first-order chi connectivity index (χ1) is 13.3. The van der Waals surface area contributed by atoms with E-state index in [1.165, 1.54) is 48.8 Å². The maximum atomic E-state index is 3.86. The Morgan fingerprint density at radius 3 is 2.70 bits per heavy atom. The van der Waals surface area contributed by atoms with E-state index in [-0.39, 0.29) is 0 Å². The smallest absolute Gasteiger partial charge is 0.114 e. The molecular weight excluding hydrogens is 330 g/mol. The summed E-state index contributed by atoms with van der Waals surface area (Å²) in [4.78, 5) is 3.86. The van der Waals surface area contributed by atoms with Crippen LogP contribution in [0.2, 0.25) is 0 Å². The van der Waals surface area contributed by atoms with Crippen LogP contribution < -0.4 is 0 Å². The molecule has 6 rings (SSSR count). The lowest BCUT2D eigenvalue weighted by Gasteiger charge is -2.29. The Kier molecular flexibility index (Phi) is 4.08. The van der Waals surface area contributed by atoms with E-state index >= 15 is 0 Å². The van der Waals surface area contributed by atoms with E-state index in [1.54, 1.807) is 35.3 Å². The lowest BCUT2D eigenvalue weighted by atomic mass is 9.76. The SMILES string of the molecule is C1=NC=C2N=NC=C12.CC1CCc2c(ccc3c2CCc2ccccc2-3)C1. The fourth-order valence-corrected chi connectivity index (χ4v) is 4.58. The molecule has 3 heteroatoms. The Morgan fingerprint density at radius 2 is 1.78 bits per heavy atom. The molecule has 2 aromatic rings. The van der Waals surface area contributed by atoms with Crippen LogP contribution in [0.1, 0.15) is 35.6 Å². The van der Waals surface area contributed by atoms with Gasteiger partial charge in [-0.05, 0) is 71.4 Å². The van der Waals surface area contributed by atoms with E-state index in [0.29, 0.717) is 0 Å². The summed E-state index contributed by atoms with van der Waals surface area (Å²) in [5, 5.41) is 7.44. The molecule has 0 N–H and O–H groups in total. The minimum Gasteiger partial charge on any atom is -0.262 e. The second-order valence-corrected chi connectivity index (χ2v) is 7.83. The average molecular weight is 353 g/mol. The van der Waals surface area contributed by atoms with Gasteiger partial charge in [-0.25, -0.2) is 0 Å². The molecule has 134 valence electrons. The average Bonchev–Trinajstić information content (AvgIpc) is 3.33. The van der Waals surface area contributed by atoms with Crippen molar-refractivity contribution in [1.82, 2.24) is 0 Å². The largest absolute Gasteiger partial charge is 0.262 e. The zero-order valence-corrected chi connectivity index (χ0v) is 15.7. The molecule has 2 heterocycles. The predicted molar refractivity (Wildman–Crippen MR) is 110 cm³/mol. The van der Waals surface area contributed by atoms with Crippen LogP contribution in [0.3, 0.4) is 0 Å². The standard InChI is InChI=1S/C19H20.C5H3N3/c1-13-6-9-17-15(12-13)8-11-18-16-5-3-2-4-14(16)7-10-19(17)18;1-4-2-7-8-5(4)3-6-1/h2-5,8,11,13H,6-7,9-10,12H2,1H3;1-3H. The van der Waals surface area contributed by atoms with Gasteiger partial charge in [0.1, 0.15) is 5.70 Å². The highest BCUT2D eigenvalue weighted by Crippen LogP contribution is 2.39. The topological polar surface area (TPSA) is 37.1 Å². The van der Waals surface area contributed by atoms with Crippen molar-refractivity contribution < 1.29 is 0 Å². The minimum absolute atomic E-state index is 0.862. The number of nitrogens with zero attached hydrogens (tertiary/aromatic N) is 3. The van der Waals surface area contributed by atoms with E-state index in [9.17, 15) is 0 Å². The van der Waals surface area contributed by atoms with Crippen LogP contribution in [-0.2, 0) is 25.7 Å². The van der Waals surface area contributed by atoms with Crippen LogP contribution in [0, 0.1) is 5.92 Å². The van der Waals surface area contributed by atoms with Gasteiger partial charge in [-0.3, -0.25) is 4.99 Å². The van der Waals surface area contributed by atoms with Crippen molar-refractivity contribution in [3.8, 4) is 11.1 Å². The number of fused-ring (bicyclic) bond motifs is 6. The number of aryl methyl sites for hydroxylation is 1. The number of benzene rings is 2. The Morgan fingerprint density at radius 1 is 0.852 bits per heavy atom. The van der Waals surface area contributed by atoms with Crippen LogP contribution in [0.4, 0.5) is 0 Å². The van der Waals surface area contributed by atoms with Crippen molar-refractivity contribution in [3.05, 3.63) is 82.3 Å². The Hall–Kier alpha value is -2.81. The Labute approximate surface area is 160 Å². The molecule has 0 saturated carbocycles. The second kappa shape index (κ2) is 6.73. The number of rotatable bonds is 0. The highest BCUT2D eigenvalue weighted by atomic mass is 15.1. The highest BCUT2D eigenvalue weighted by Gasteiger charge is 2.23. The van der Waals surface area contributed by atoms with Gasteiger partial charge < -0.3 is 0 Å². The van der Waals surface area contributed by atoms with E-state index in [1.807, 2.05) is 0 Å². The van der Waals surface area contributed by atoms with Crippen molar-refractivity contribution in [1.29, 1.82) is 0 Å². The normalized spacial score (nSPS) is 20.6. The molecule has 0 spiro atoms. The van der Waals surface area contributed by atoms with Gasteiger partial charge in [0.05, 0.1) is 12.4 Å². The maximum Gasteiger partial charge on any atom is 0.114 e. The number of hydrogen-bond acceptors (Lipinski definition) is 3. The number of hydrogen-bond donors (Lipinski definition) is 0. The second-order valence-electron chi connectivity index (χ2n) is 7.83. The first kappa shape index (κ1) is 16.4. The molecule has 0 radical (unpaired) electrons. The third-order valence-corrected chi connectivity index (χ3v) is 6.00. The van der Waals surface area contributed by atoms with Crippen LogP contribution in [-0.4, -0.2) is 6.21 Å². The molecule has 0 bridgehead atoms. The van der Waals surface area contributed by atoms with Crippen LogP contribution in [0.25, 0.3) is 11.1 Å². The summed E-state index contributed by atoms with van der Waals surface area (Å²) in [7, 11) is 0. The van der Waals surface area contributed by atoms with Crippen LogP contribution in [0.15, 0.2) is 75.3 Å². The summed E-state index contributed by atoms with van der Waals surface area (Å²) in [6.07, 6.45) is 11.5. The molecule has 0 saturated heterocycles. The first-order valence-electron chi connectivity index (χ1n) is 9.86. The van der Waals surface area contributed by atoms with Crippen molar-refractivity contribution >= 4 is 6.21 Å². The zero-order valence-electron chi connectivity index (χ0n) is 15.7. The predicted octanol–water partition coefficient (Wildman–Crippen LogP) is 5.84. The number of allylic oxidation sites excluding steroid dienone is 1. The third-order valence-electron chi connectivity index (χ3n) is 6.00. The fraction of sp³-hybridized carbons (Fsp3) is 0.292. The Balaban J connectivity index is 0.000000167.